The Morgan fingerprint density at radius 3 is 2.50 bits per heavy atom. The first-order valence-electron chi connectivity index (χ1n) is 5.83. The minimum absolute atomic E-state index is 0.254. The first-order chi connectivity index (χ1) is 7.53. The number of rotatable bonds is 1. The van der Waals surface area contributed by atoms with Crippen LogP contribution in [0.25, 0.3) is 10.9 Å². The van der Waals surface area contributed by atoms with E-state index < -0.39 is 0 Å². The normalized spacial score (nSPS) is 27.2. The van der Waals surface area contributed by atoms with Gasteiger partial charge in [0.2, 0.25) is 0 Å². The molecule has 2 unspecified atom stereocenters. The van der Waals surface area contributed by atoms with E-state index in [2.05, 4.69) is 55.9 Å². The van der Waals surface area contributed by atoms with Crippen LogP contribution >= 0.6 is 0 Å². The molecular weight excluding hydrogens is 196 g/mol. The summed E-state index contributed by atoms with van der Waals surface area (Å²) in [4.78, 5) is 0. The van der Waals surface area contributed by atoms with Gasteiger partial charge in [0.1, 0.15) is 0 Å². The summed E-state index contributed by atoms with van der Waals surface area (Å²) in [5.74, 6) is 0.513. The van der Waals surface area contributed by atoms with Gasteiger partial charge in [-0.15, -0.1) is 0 Å². The van der Waals surface area contributed by atoms with Crippen molar-refractivity contribution >= 4 is 10.9 Å². The van der Waals surface area contributed by atoms with Crippen LogP contribution in [0.1, 0.15) is 25.3 Å². The fourth-order valence-electron chi connectivity index (χ4n) is 2.89. The molecule has 16 heavy (non-hydrogen) atoms. The van der Waals surface area contributed by atoms with Gasteiger partial charge in [-0.05, 0) is 17.0 Å². The van der Waals surface area contributed by atoms with Gasteiger partial charge in [-0.3, -0.25) is 0 Å². The lowest BCUT2D eigenvalue weighted by atomic mass is 10.0. The predicted octanol–water partition coefficient (Wildman–Crippen LogP) is 2.63. The third-order valence-electron chi connectivity index (χ3n) is 4.17. The summed E-state index contributed by atoms with van der Waals surface area (Å²) in [6, 6.07) is 8.86. The zero-order valence-electron chi connectivity index (χ0n) is 10.1. The molecule has 2 nitrogen and oxygen atoms in total. The van der Waals surface area contributed by atoms with E-state index in [0.29, 0.717) is 12.0 Å². The van der Waals surface area contributed by atoms with Crippen LogP contribution in [-0.4, -0.2) is 10.6 Å². The van der Waals surface area contributed by atoms with Crippen LogP contribution in [-0.2, 0) is 7.05 Å². The molecule has 1 aliphatic carbocycles. The summed E-state index contributed by atoms with van der Waals surface area (Å²) in [6.45, 7) is 4.51. The molecule has 1 saturated carbocycles. The number of fused-ring (bicyclic) bond motifs is 1. The highest BCUT2D eigenvalue weighted by atomic mass is 14.9. The van der Waals surface area contributed by atoms with E-state index in [4.69, 9.17) is 5.73 Å². The van der Waals surface area contributed by atoms with E-state index in [1.54, 1.807) is 0 Å². The minimum atomic E-state index is 0.254. The van der Waals surface area contributed by atoms with Gasteiger partial charge in [0.15, 0.2) is 0 Å². The van der Waals surface area contributed by atoms with Gasteiger partial charge in [-0.25, -0.2) is 0 Å². The summed E-state index contributed by atoms with van der Waals surface area (Å²) in [6.07, 6.45) is 2.24. The predicted molar refractivity (Wildman–Crippen MR) is 67.4 cm³/mol. The highest BCUT2D eigenvalue weighted by molar-refractivity contribution is 5.85. The van der Waals surface area contributed by atoms with Gasteiger partial charge in [0.05, 0.1) is 0 Å². The number of hydrogen-bond donors (Lipinski definition) is 1. The Hall–Kier alpha value is -1.28. The first-order valence-corrected chi connectivity index (χ1v) is 5.83. The molecule has 2 heteroatoms. The first kappa shape index (κ1) is 9.91. The van der Waals surface area contributed by atoms with Crippen molar-refractivity contribution in [3.05, 3.63) is 36.0 Å². The van der Waals surface area contributed by atoms with Crippen molar-refractivity contribution in [1.29, 1.82) is 0 Å². The SMILES string of the molecule is Cn1cc(C2C(N)C2(C)C)c2ccccc21. The Bertz CT molecular complexity index is 551. The van der Waals surface area contributed by atoms with E-state index in [1.807, 2.05) is 0 Å². The molecule has 0 bridgehead atoms. The molecule has 0 amide bonds. The van der Waals surface area contributed by atoms with Gasteiger partial charge in [-0.2, -0.15) is 0 Å². The molecule has 0 radical (unpaired) electrons. The molecule has 2 N–H and O–H groups in total. The maximum absolute atomic E-state index is 6.17. The number of hydrogen-bond acceptors (Lipinski definition) is 1. The van der Waals surface area contributed by atoms with Crippen molar-refractivity contribution in [2.45, 2.75) is 25.8 Å². The monoisotopic (exact) mass is 214 g/mol. The highest BCUT2D eigenvalue weighted by Gasteiger charge is 2.56. The summed E-state index contributed by atoms with van der Waals surface area (Å²) in [5.41, 5.74) is 9.13. The lowest BCUT2D eigenvalue weighted by molar-refractivity contribution is 0.599. The quantitative estimate of drug-likeness (QED) is 0.777. The van der Waals surface area contributed by atoms with E-state index >= 15 is 0 Å². The summed E-state index contributed by atoms with van der Waals surface area (Å²) in [5, 5.41) is 1.36. The van der Waals surface area contributed by atoms with E-state index in [0.717, 1.165) is 0 Å². The Morgan fingerprint density at radius 1 is 1.25 bits per heavy atom. The summed E-state index contributed by atoms with van der Waals surface area (Å²) < 4.78 is 2.20. The van der Waals surface area contributed by atoms with Crippen LogP contribution in [0.4, 0.5) is 0 Å². The molecule has 3 rings (SSSR count). The van der Waals surface area contributed by atoms with Crippen molar-refractivity contribution in [3.63, 3.8) is 0 Å². The van der Waals surface area contributed by atoms with E-state index in [1.165, 1.54) is 16.5 Å². The fraction of sp³-hybridized carbons (Fsp3) is 0.429. The minimum Gasteiger partial charge on any atom is -0.350 e. The fourth-order valence-corrected chi connectivity index (χ4v) is 2.89. The van der Waals surface area contributed by atoms with Crippen LogP contribution in [0.3, 0.4) is 0 Å². The zero-order chi connectivity index (χ0) is 11.5. The molecule has 84 valence electrons. The van der Waals surface area contributed by atoms with Gasteiger partial charge < -0.3 is 10.3 Å². The molecule has 1 heterocycles. The lowest BCUT2D eigenvalue weighted by Gasteiger charge is -2.00. The van der Waals surface area contributed by atoms with Crippen molar-refractivity contribution in [3.8, 4) is 0 Å². The number of nitrogens with two attached hydrogens (primary N) is 1. The van der Waals surface area contributed by atoms with E-state index in [-0.39, 0.29) is 5.41 Å². The van der Waals surface area contributed by atoms with Crippen molar-refractivity contribution < 1.29 is 0 Å². The van der Waals surface area contributed by atoms with Crippen molar-refractivity contribution in [1.82, 2.24) is 4.57 Å². The number of benzene rings is 1. The molecule has 1 fully saturated rings. The number of para-hydroxylation sites is 1. The third-order valence-corrected chi connectivity index (χ3v) is 4.17. The second-order valence-electron chi connectivity index (χ2n) is 5.54. The number of nitrogens with zero attached hydrogens (tertiary/aromatic N) is 1. The molecule has 0 saturated heterocycles. The highest BCUT2D eigenvalue weighted by Crippen LogP contribution is 2.58. The zero-order valence-corrected chi connectivity index (χ0v) is 10.1. The summed E-state index contributed by atoms with van der Waals surface area (Å²) >= 11 is 0. The van der Waals surface area contributed by atoms with Crippen LogP contribution in [0, 0.1) is 5.41 Å². The average molecular weight is 214 g/mol. The van der Waals surface area contributed by atoms with Gasteiger partial charge in [0, 0.05) is 36.1 Å². The number of aryl methyl sites for hydroxylation is 1. The Balaban J connectivity index is 2.19. The topological polar surface area (TPSA) is 30.9 Å². The largest absolute Gasteiger partial charge is 0.350 e. The molecule has 2 atom stereocenters. The Morgan fingerprint density at radius 2 is 1.88 bits per heavy atom. The van der Waals surface area contributed by atoms with Crippen LogP contribution in [0.5, 0.6) is 0 Å². The molecule has 2 aromatic rings. The smallest absolute Gasteiger partial charge is 0.0480 e. The molecule has 1 aliphatic rings. The van der Waals surface area contributed by atoms with Crippen molar-refractivity contribution in [2.24, 2.45) is 18.2 Å². The average Bonchev–Trinajstić information content (AvgIpc) is 2.60. The van der Waals surface area contributed by atoms with Crippen LogP contribution in [0.2, 0.25) is 0 Å². The Labute approximate surface area is 96.1 Å². The molecule has 1 aromatic heterocycles. The molecular formula is C14H18N2. The summed E-state index contributed by atoms with van der Waals surface area (Å²) in [7, 11) is 2.10. The second-order valence-corrected chi connectivity index (χ2v) is 5.54. The second kappa shape index (κ2) is 2.89. The van der Waals surface area contributed by atoms with Gasteiger partial charge in [0.25, 0.3) is 0 Å². The van der Waals surface area contributed by atoms with E-state index in [9.17, 15) is 0 Å². The maximum atomic E-state index is 6.17. The molecule has 1 aromatic carbocycles. The third kappa shape index (κ3) is 1.11. The molecule has 0 spiro atoms. The molecule has 0 aliphatic heterocycles. The standard InChI is InChI=1S/C14H18N2/c1-14(2)12(13(14)15)10-8-16(3)11-7-5-4-6-9(10)11/h4-8,12-13H,15H2,1-3H3. The maximum Gasteiger partial charge on any atom is 0.0480 e. The number of aromatic nitrogens is 1. The van der Waals surface area contributed by atoms with Gasteiger partial charge in [-0.1, -0.05) is 32.0 Å². The van der Waals surface area contributed by atoms with Crippen LogP contribution in [0.15, 0.2) is 30.5 Å². The van der Waals surface area contributed by atoms with Gasteiger partial charge >= 0.3 is 0 Å². The lowest BCUT2D eigenvalue weighted by Crippen LogP contribution is -2.06. The Kier molecular flexibility index (Phi) is 1.79. The van der Waals surface area contributed by atoms with Crippen molar-refractivity contribution in [2.75, 3.05) is 0 Å². The van der Waals surface area contributed by atoms with Crippen LogP contribution < -0.4 is 5.73 Å².